The van der Waals surface area contributed by atoms with E-state index in [1.165, 1.54) is 4.90 Å². The molecular weight excluding hydrogens is 358 g/mol. The molecule has 3 aromatic rings. The van der Waals surface area contributed by atoms with E-state index in [-0.39, 0.29) is 5.91 Å². The van der Waals surface area contributed by atoms with Gasteiger partial charge in [-0.25, -0.2) is 0 Å². The molecule has 6 heteroatoms. The summed E-state index contributed by atoms with van der Waals surface area (Å²) in [7, 11) is 1.78. The van der Waals surface area contributed by atoms with Crippen LogP contribution in [0.15, 0.2) is 53.4 Å². The van der Waals surface area contributed by atoms with Gasteiger partial charge in [-0.15, -0.1) is 11.8 Å². The topological polar surface area (TPSA) is 56.1 Å². The minimum absolute atomic E-state index is 0.121. The third kappa shape index (κ3) is 4.52. The molecule has 2 aromatic carbocycles. The normalized spacial score (nSPS) is 10.7. The standard InChI is InChI=1S/C21H23N3O2S/c1-14-15(2)23-24(3)20(14)21(25)22-13-16-5-7-17(8-6-16)26-18-9-11-19(27-4)12-10-18/h5-12H,13H2,1-4H3,(H,22,25). The zero-order valence-corrected chi connectivity index (χ0v) is 16.8. The number of amides is 1. The molecule has 27 heavy (non-hydrogen) atoms. The lowest BCUT2D eigenvalue weighted by atomic mass is 10.2. The van der Waals surface area contributed by atoms with Gasteiger partial charge in [-0.2, -0.15) is 5.10 Å². The summed E-state index contributed by atoms with van der Waals surface area (Å²) in [5.74, 6) is 1.45. The maximum Gasteiger partial charge on any atom is 0.270 e. The molecule has 0 aliphatic rings. The summed E-state index contributed by atoms with van der Waals surface area (Å²) in [5.41, 5.74) is 3.38. The highest BCUT2D eigenvalue weighted by molar-refractivity contribution is 7.98. The first-order chi connectivity index (χ1) is 13.0. The van der Waals surface area contributed by atoms with Crippen molar-refractivity contribution >= 4 is 17.7 Å². The van der Waals surface area contributed by atoms with Gasteiger partial charge in [0.15, 0.2) is 0 Å². The summed E-state index contributed by atoms with van der Waals surface area (Å²) in [6, 6.07) is 15.7. The van der Waals surface area contributed by atoms with Crippen LogP contribution in [0.2, 0.25) is 0 Å². The maximum absolute atomic E-state index is 12.4. The minimum Gasteiger partial charge on any atom is -0.457 e. The fraction of sp³-hybridized carbons (Fsp3) is 0.238. The summed E-state index contributed by atoms with van der Waals surface area (Å²) < 4.78 is 7.48. The third-order valence-corrected chi connectivity index (χ3v) is 5.15. The fourth-order valence-corrected chi connectivity index (χ4v) is 3.21. The number of nitrogens with one attached hydrogen (secondary N) is 1. The molecule has 0 atom stereocenters. The number of aromatic nitrogens is 2. The first kappa shape index (κ1) is 19.0. The monoisotopic (exact) mass is 381 g/mol. The summed E-state index contributed by atoms with van der Waals surface area (Å²) in [4.78, 5) is 13.6. The number of rotatable bonds is 6. The number of carbonyl (C=O) groups is 1. The molecule has 0 saturated heterocycles. The Bertz CT molecular complexity index is 931. The second-order valence-electron chi connectivity index (χ2n) is 6.29. The molecular formula is C21H23N3O2S. The Hall–Kier alpha value is -2.73. The maximum atomic E-state index is 12.4. The van der Waals surface area contributed by atoms with Gasteiger partial charge in [0.25, 0.3) is 5.91 Å². The van der Waals surface area contributed by atoms with Crippen LogP contribution >= 0.6 is 11.8 Å². The van der Waals surface area contributed by atoms with Crippen LogP contribution in [-0.2, 0) is 13.6 Å². The van der Waals surface area contributed by atoms with Gasteiger partial charge in [-0.1, -0.05) is 12.1 Å². The van der Waals surface area contributed by atoms with E-state index in [0.717, 1.165) is 28.3 Å². The molecule has 1 aromatic heterocycles. The molecule has 1 heterocycles. The van der Waals surface area contributed by atoms with Crippen LogP contribution in [0.4, 0.5) is 0 Å². The van der Waals surface area contributed by atoms with Crippen molar-refractivity contribution in [3.05, 3.63) is 71.0 Å². The highest BCUT2D eigenvalue weighted by atomic mass is 32.2. The zero-order chi connectivity index (χ0) is 19.4. The molecule has 1 N–H and O–H groups in total. The predicted octanol–water partition coefficient (Wildman–Crippen LogP) is 4.48. The first-order valence-electron chi connectivity index (χ1n) is 8.67. The number of aryl methyl sites for hydroxylation is 2. The molecule has 0 bridgehead atoms. The second kappa shape index (κ2) is 8.31. The molecule has 0 fully saturated rings. The Labute approximate surface area is 163 Å². The highest BCUT2D eigenvalue weighted by Gasteiger charge is 2.16. The van der Waals surface area contributed by atoms with Crippen LogP contribution in [0.5, 0.6) is 11.5 Å². The van der Waals surface area contributed by atoms with Crippen molar-refractivity contribution in [1.29, 1.82) is 0 Å². The molecule has 0 saturated carbocycles. The van der Waals surface area contributed by atoms with Gasteiger partial charge in [-0.3, -0.25) is 9.48 Å². The van der Waals surface area contributed by atoms with Crippen LogP contribution in [0.3, 0.4) is 0 Å². The van der Waals surface area contributed by atoms with Gasteiger partial charge in [0.1, 0.15) is 17.2 Å². The molecule has 140 valence electrons. The number of benzene rings is 2. The summed E-state index contributed by atoms with van der Waals surface area (Å²) in [6.07, 6.45) is 2.05. The van der Waals surface area contributed by atoms with Crippen molar-refractivity contribution in [2.45, 2.75) is 25.3 Å². The molecule has 0 aliphatic heterocycles. The van der Waals surface area contributed by atoms with Gasteiger partial charge in [0.2, 0.25) is 0 Å². The third-order valence-electron chi connectivity index (χ3n) is 4.41. The lowest BCUT2D eigenvalue weighted by molar-refractivity contribution is 0.0941. The van der Waals surface area contributed by atoms with Gasteiger partial charge in [0.05, 0.1) is 5.69 Å². The minimum atomic E-state index is -0.121. The Morgan fingerprint density at radius 2 is 1.67 bits per heavy atom. The molecule has 1 amide bonds. The van der Waals surface area contributed by atoms with Crippen molar-refractivity contribution in [2.75, 3.05) is 6.26 Å². The van der Waals surface area contributed by atoms with Crippen molar-refractivity contribution in [1.82, 2.24) is 15.1 Å². The Morgan fingerprint density at radius 1 is 1.07 bits per heavy atom. The number of ether oxygens (including phenoxy) is 1. The van der Waals surface area contributed by atoms with E-state index in [0.29, 0.717) is 12.2 Å². The molecule has 5 nitrogen and oxygen atoms in total. The predicted molar refractivity (Wildman–Crippen MR) is 109 cm³/mol. The SMILES string of the molecule is CSc1ccc(Oc2ccc(CNC(=O)c3c(C)c(C)nn3C)cc2)cc1. The largest absolute Gasteiger partial charge is 0.457 e. The number of carbonyl (C=O) groups excluding carboxylic acids is 1. The van der Waals surface area contributed by atoms with Crippen LogP contribution in [-0.4, -0.2) is 21.9 Å². The fourth-order valence-electron chi connectivity index (χ4n) is 2.80. The van der Waals surface area contributed by atoms with Crippen LogP contribution in [0.25, 0.3) is 0 Å². The number of hydrogen-bond donors (Lipinski definition) is 1. The smallest absolute Gasteiger partial charge is 0.270 e. The van der Waals surface area contributed by atoms with Crippen LogP contribution in [0.1, 0.15) is 27.3 Å². The first-order valence-corrected chi connectivity index (χ1v) is 9.89. The molecule has 0 aliphatic carbocycles. The van der Waals surface area contributed by atoms with E-state index < -0.39 is 0 Å². The Morgan fingerprint density at radius 3 is 2.19 bits per heavy atom. The van der Waals surface area contributed by atoms with E-state index >= 15 is 0 Å². The number of thioether (sulfide) groups is 1. The quantitative estimate of drug-likeness (QED) is 0.640. The van der Waals surface area contributed by atoms with E-state index in [4.69, 9.17) is 4.74 Å². The van der Waals surface area contributed by atoms with E-state index in [9.17, 15) is 4.79 Å². The van der Waals surface area contributed by atoms with Gasteiger partial charge in [0, 0.05) is 24.1 Å². The average molecular weight is 382 g/mol. The molecule has 0 spiro atoms. The van der Waals surface area contributed by atoms with Crippen molar-refractivity contribution in [3.8, 4) is 11.5 Å². The van der Waals surface area contributed by atoms with E-state index in [2.05, 4.69) is 10.4 Å². The van der Waals surface area contributed by atoms with Crippen molar-refractivity contribution in [3.63, 3.8) is 0 Å². The summed E-state index contributed by atoms with van der Waals surface area (Å²) >= 11 is 1.70. The molecule has 3 rings (SSSR count). The van der Waals surface area contributed by atoms with E-state index in [1.807, 2.05) is 68.6 Å². The Balaban J connectivity index is 1.59. The van der Waals surface area contributed by atoms with E-state index in [1.54, 1.807) is 23.5 Å². The highest BCUT2D eigenvalue weighted by Crippen LogP contribution is 2.24. The van der Waals surface area contributed by atoms with Gasteiger partial charge < -0.3 is 10.1 Å². The van der Waals surface area contributed by atoms with Gasteiger partial charge >= 0.3 is 0 Å². The van der Waals surface area contributed by atoms with Crippen LogP contribution < -0.4 is 10.1 Å². The van der Waals surface area contributed by atoms with Crippen molar-refractivity contribution < 1.29 is 9.53 Å². The molecule has 0 unspecified atom stereocenters. The number of hydrogen-bond acceptors (Lipinski definition) is 4. The van der Waals surface area contributed by atoms with Crippen LogP contribution in [0, 0.1) is 13.8 Å². The summed E-state index contributed by atoms with van der Waals surface area (Å²) in [6.45, 7) is 4.26. The second-order valence-corrected chi connectivity index (χ2v) is 7.17. The van der Waals surface area contributed by atoms with Gasteiger partial charge in [-0.05, 0) is 62.1 Å². The van der Waals surface area contributed by atoms with Crippen molar-refractivity contribution in [2.24, 2.45) is 7.05 Å². The number of nitrogens with zero attached hydrogens (tertiary/aromatic N) is 2. The lowest BCUT2D eigenvalue weighted by Crippen LogP contribution is -2.25. The average Bonchev–Trinajstić information content (AvgIpc) is 2.93. The lowest BCUT2D eigenvalue weighted by Gasteiger charge is -2.09. The zero-order valence-electron chi connectivity index (χ0n) is 15.9. The molecule has 0 radical (unpaired) electrons. The Kier molecular flexibility index (Phi) is 5.86. The summed E-state index contributed by atoms with van der Waals surface area (Å²) in [5, 5.41) is 7.24.